The second-order valence-corrected chi connectivity index (χ2v) is 6.82. The minimum atomic E-state index is 0.178. The molecule has 1 atom stereocenters. The lowest BCUT2D eigenvalue weighted by Gasteiger charge is -2.15. The minimum absolute atomic E-state index is 0.178. The number of nitrogens with one attached hydrogen (secondary N) is 1. The molecule has 1 amide bonds. The van der Waals surface area contributed by atoms with Gasteiger partial charge in [0, 0.05) is 31.6 Å². The Morgan fingerprint density at radius 1 is 1.55 bits per heavy atom. The normalized spacial score (nSPS) is 17.9. The van der Waals surface area contributed by atoms with E-state index in [9.17, 15) is 4.79 Å². The number of hydrogen-bond donors (Lipinski definition) is 2. The molecule has 1 aliphatic rings. The number of rotatable bonds is 9. The van der Waals surface area contributed by atoms with Crippen LogP contribution in [0.15, 0.2) is 5.38 Å². The molecule has 0 spiro atoms. The van der Waals surface area contributed by atoms with E-state index in [0.717, 1.165) is 62.6 Å². The van der Waals surface area contributed by atoms with E-state index in [1.165, 1.54) is 0 Å². The van der Waals surface area contributed by atoms with Gasteiger partial charge in [0.15, 0.2) is 5.13 Å². The molecule has 1 aliphatic heterocycles. The average molecular weight is 325 g/mol. The fourth-order valence-electron chi connectivity index (χ4n) is 2.78. The van der Waals surface area contributed by atoms with E-state index < -0.39 is 0 Å². The molecule has 124 valence electrons. The zero-order valence-corrected chi connectivity index (χ0v) is 14.2. The third-order valence-corrected chi connectivity index (χ3v) is 4.95. The lowest BCUT2D eigenvalue weighted by molar-refractivity contribution is -0.129. The van der Waals surface area contributed by atoms with Crippen LogP contribution in [0.2, 0.25) is 0 Å². The average Bonchev–Trinajstić information content (AvgIpc) is 3.15. The highest BCUT2D eigenvalue weighted by atomic mass is 32.1. The van der Waals surface area contributed by atoms with Gasteiger partial charge in [0.05, 0.1) is 12.1 Å². The second kappa shape index (κ2) is 9.10. The first-order chi connectivity index (χ1) is 10.7. The van der Waals surface area contributed by atoms with Crippen molar-refractivity contribution in [2.45, 2.75) is 45.4 Å². The maximum absolute atomic E-state index is 12.3. The monoisotopic (exact) mass is 325 g/mol. The molecule has 1 saturated heterocycles. The van der Waals surface area contributed by atoms with Crippen molar-refractivity contribution in [3.8, 4) is 0 Å². The second-order valence-electron chi connectivity index (χ2n) is 5.96. The maximum atomic E-state index is 12.3. The summed E-state index contributed by atoms with van der Waals surface area (Å²) in [4.78, 5) is 18.8. The van der Waals surface area contributed by atoms with Gasteiger partial charge >= 0.3 is 0 Å². The number of aliphatic hydroxyl groups is 1. The highest BCUT2D eigenvalue weighted by Crippen LogP contribution is 2.22. The van der Waals surface area contributed by atoms with Crippen molar-refractivity contribution < 1.29 is 9.90 Å². The van der Waals surface area contributed by atoms with Gasteiger partial charge in [-0.1, -0.05) is 13.3 Å². The number of nitrogens with zero attached hydrogens (tertiary/aromatic N) is 2. The Morgan fingerprint density at radius 2 is 2.41 bits per heavy atom. The smallest absolute Gasteiger partial charge is 0.228 e. The van der Waals surface area contributed by atoms with E-state index in [2.05, 4.69) is 17.2 Å². The quantitative estimate of drug-likeness (QED) is 0.685. The minimum Gasteiger partial charge on any atom is -0.396 e. The van der Waals surface area contributed by atoms with Crippen molar-refractivity contribution in [3.63, 3.8) is 0 Å². The van der Waals surface area contributed by atoms with Gasteiger partial charge < -0.3 is 15.3 Å². The fourth-order valence-corrected chi connectivity index (χ4v) is 3.52. The van der Waals surface area contributed by atoms with Crippen LogP contribution in [0, 0.1) is 5.92 Å². The molecule has 6 heteroatoms. The van der Waals surface area contributed by atoms with E-state index in [1.807, 2.05) is 10.3 Å². The summed E-state index contributed by atoms with van der Waals surface area (Å²) in [5, 5.41) is 15.1. The van der Waals surface area contributed by atoms with Gasteiger partial charge in [-0.2, -0.15) is 0 Å². The van der Waals surface area contributed by atoms with Crippen LogP contribution in [0.25, 0.3) is 0 Å². The van der Waals surface area contributed by atoms with Crippen LogP contribution >= 0.6 is 11.3 Å². The number of aromatic nitrogens is 1. The zero-order chi connectivity index (χ0) is 15.8. The van der Waals surface area contributed by atoms with Crippen LogP contribution < -0.4 is 5.32 Å². The van der Waals surface area contributed by atoms with Crippen molar-refractivity contribution in [3.05, 3.63) is 11.1 Å². The van der Waals surface area contributed by atoms with Crippen molar-refractivity contribution >= 4 is 22.4 Å². The molecule has 2 rings (SSSR count). The summed E-state index contributed by atoms with van der Waals surface area (Å²) in [5.74, 6) is 0.731. The lowest BCUT2D eigenvalue weighted by atomic mass is 10.0. The van der Waals surface area contributed by atoms with Crippen LogP contribution in [0.5, 0.6) is 0 Å². The molecule has 2 N–H and O–H groups in total. The molecule has 1 fully saturated rings. The summed E-state index contributed by atoms with van der Waals surface area (Å²) < 4.78 is 0. The molecule has 0 saturated carbocycles. The van der Waals surface area contributed by atoms with Gasteiger partial charge in [-0.25, -0.2) is 4.98 Å². The Morgan fingerprint density at radius 3 is 3.18 bits per heavy atom. The van der Waals surface area contributed by atoms with Crippen molar-refractivity contribution in [2.24, 2.45) is 5.92 Å². The van der Waals surface area contributed by atoms with Gasteiger partial charge in [0.1, 0.15) is 0 Å². The molecule has 1 aromatic heterocycles. The molecule has 5 nitrogen and oxygen atoms in total. The van der Waals surface area contributed by atoms with Gasteiger partial charge in [-0.3, -0.25) is 4.79 Å². The third-order valence-electron chi connectivity index (χ3n) is 4.10. The van der Waals surface area contributed by atoms with E-state index in [4.69, 9.17) is 5.11 Å². The number of anilines is 1. The molecule has 0 bridgehead atoms. The first kappa shape index (κ1) is 17.2. The van der Waals surface area contributed by atoms with E-state index in [1.54, 1.807) is 11.3 Å². The van der Waals surface area contributed by atoms with Crippen molar-refractivity contribution in [2.75, 3.05) is 31.6 Å². The summed E-state index contributed by atoms with van der Waals surface area (Å²) >= 11 is 1.58. The highest BCUT2D eigenvalue weighted by molar-refractivity contribution is 7.13. The molecule has 2 heterocycles. The largest absolute Gasteiger partial charge is 0.396 e. The number of amides is 1. The van der Waals surface area contributed by atoms with Gasteiger partial charge in [-0.05, 0) is 31.6 Å². The molecular weight excluding hydrogens is 298 g/mol. The predicted molar refractivity (Wildman–Crippen MR) is 90.2 cm³/mol. The van der Waals surface area contributed by atoms with Crippen LogP contribution in [0.3, 0.4) is 0 Å². The Bertz CT molecular complexity index is 464. The number of hydrogen-bond acceptors (Lipinski definition) is 5. The Kier molecular flexibility index (Phi) is 7.12. The maximum Gasteiger partial charge on any atom is 0.228 e. The van der Waals surface area contributed by atoms with Gasteiger partial charge in [0.25, 0.3) is 0 Å². The molecule has 0 aliphatic carbocycles. The number of thiazole rings is 1. The number of carbonyl (C=O) groups is 1. The molecular formula is C16H27N3O2S. The lowest BCUT2D eigenvalue weighted by Crippen LogP contribution is -2.30. The molecule has 22 heavy (non-hydrogen) atoms. The number of aliphatic hydroxyl groups excluding tert-OH is 1. The summed E-state index contributed by atoms with van der Waals surface area (Å²) in [6.45, 7) is 5.04. The Labute approximate surface area is 136 Å². The van der Waals surface area contributed by atoms with Gasteiger partial charge in [-0.15, -0.1) is 11.3 Å². The summed E-state index contributed by atoms with van der Waals surface area (Å²) in [7, 11) is 0. The molecule has 0 aromatic carbocycles. The zero-order valence-electron chi connectivity index (χ0n) is 13.4. The van der Waals surface area contributed by atoms with E-state index >= 15 is 0 Å². The fraction of sp³-hybridized carbons (Fsp3) is 0.750. The molecule has 0 radical (unpaired) electrons. The topological polar surface area (TPSA) is 65.5 Å². The molecule has 1 unspecified atom stereocenters. The molecule has 1 aromatic rings. The third kappa shape index (κ3) is 5.25. The van der Waals surface area contributed by atoms with E-state index in [0.29, 0.717) is 12.3 Å². The number of carbonyl (C=O) groups excluding carboxylic acids is 1. The van der Waals surface area contributed by atoms with Crippen LogP contribution in [-0.2, 0) is 11.2 Å². The first-order valence-electron chi connectivity index (χ1n) is 8.29. The summed E-state index contributed by atoms with van der Waals surface area (Å²) in [5.41, 5.74) is 0.868. The Hall–Kier alpha value is -1.14. The van der Waals surface area contributed by atoms with E-state index in [-0.39, 0.29) is 12.5 Å². The highest BCUT2D eigenvalue weighted by Gasteiger charge is 2.26. The standard InChI is InChI=1S/C16H27N3O2S/c1-2-3-7-17-16-18-14(12-22-16)10-15(21)19-8-6-13(11-19)5-4-9-20/h12-13,20H,2-11H2,1H3,(H,17,18). The summed E-state index contributed by atoms with van der Waals surface area (Å²) in [6, 6.07) is 0. The number of likely N-dealkylation sites (tertiary alicyclic amines) is 1. The predicted octanol–water partition coefficient (Wildman–Crippen LogP) is 2.52. The van der Waals surface area contributed by atoms with Crippen molar-refractivity contribution in [1.82, 2.24) is 9.88 Å². The summed E-state index contributed by atoms with van der Waals surface area (Å²) in [6.07, 6.45) is 5.62. The first-order valence-corrected chi connectivity index (χ1v) is 9.17. The Balaban J connectivity index is 1.75. The van der Waals surface area contributed by atoms with Crippen LogP contribution in [-0.4, -0.2) is 47.1 Å². The van der Waals surface area contributed by atoms with Crippen LogP contribution in [0.1, 0.15) is 44.7 Å². The van der Waals surface area contributed by atoms with Crippen molar-refractivity contribution in [1.29, 1.82) is 0 Å². The van der Waals surface area contributed by atoms with Crippen LogP contribution in [0.4, 0.5) is 5.13 Å². The van der Waals surface area contributed by atoms with Gasteiger partial charge in [0.2, 0.25) is 5.91 Å². The number of unbranched alkanes of at least 4 members (excludes halogenated alkanes) is 1. The SMILES string of the molecule is CCCCNc1nc(CC(=O)N2CCC(CCCO)C2)cs1.